The van der Waals surface area contributed by atoms with Crippen LogP contribution in [-0.4, -0.2) is 24.1 Å². The number of para-hydroxylation sites is 1. The maximum Gasteiger partial charge on any atom is 0.335 e. The van der Waals surface area contributed by atoms with E-state index in [1.54, 1.807) is 48.5 Å². The number of hydrogen-bond donors (Lipinski definition) is 1. The number of anilines is 1. The van der Waals surface area contributed by atoms with Crippen molar-refractivity contribution >= 4 is 69.6 Å². The molecule has 2 aromatic carbocycles. The highest BCUT2D eigenvalue weighted by molar-refractivity contribution is 14.1. The number of imide groups is 2. The van der Waals surface area contributed by atoms with Gasteiger partial charge in [-0.1, -0.05) is 23.7 Å². The Kier molecular flexibility index (Phi) is 5.14. The molecular weight excluding hydrogens is 457 g/mol. The number of carbonyl (C=O) groups excluding carboxylic acids is 3. The average molecular weight is 468 g/mol. The molecule has 0 aliphatic carbocycles. The zero-order chi connectivity index (χ0) is 18.0. The molecule has 6 nitrogen and oxygen atoms in total. The quantitative estimate of drug-likeness (QED) is 0.426. The number of carbonyl (C=O) groups is 3. The van der Waals surface area contributed by atoms with Gasteiger partial charge in [-0.25, -0.2) is 9.69 Å². The maximum absolute atomic E-state index is 12.7. The third-order valence-electron chi connectivity index (χ3n) is 3.50. The van der Waals surface area contributed by atoms with Crippen LogP contribution in [0, 0.1) is 9.49 Å². The van der Waals surface area contributed by atoms with E-state index in [4.69, 9.17) is 11.6 Å². The molecule has 0 aromatic heterocycles. The lowest BCUT2D eigenvalue weighted by Gasteiger charge is -2.28. The molecule has 25 heavy (non-hydrogen) atoms. The molecular formula is C17H11ClIN3O3. The summed E-state index contributed by atoms with van der Waals surface area (Å²) in [5.74, 6) is -2.59. The Hall–Kier alpha value is -2.26. The van der Waals surface area contributed by atoms with Crippen LogP contribution in [0.3, 0.4) is 0 Å². The van der Waals surface area contributed by atoms with Gasteiger partial charge >= 0.3 is 6.03 Å². The lowest BCUT2D eigenvalue weighted by Crippen LogP contribution is -2.58. The van der Waals surface area contributed by atoms with E-state index in [9.17, 15) is 14.4 Å². The zero-order valence-corrected chi connectivity index (χ0v) is 15.6. The molecule has 1 aliphatic rings. The first-order valence-corrected chi connectivity index (χ1v) is 8.66. The van der Waals surface area contributed by atoms with E-state index in [1.807, 2.05) is 0 Å². The van der Waals surface area contributed by atoms with E-state index in [0.717, 1.165) is 8.47 Å². The van der Waals surface area contributed by atoms with Crippen LogP contribution in [0.4, 0.5) is 16.2 Å². The van der Waals surface area contributed by atoms with Crippen LogP contribution < -0.4 is 10.2 Å². The lowest BCUT2D eigenvalue weighted by molar-refractivity contribution is -0.131. The number of nitrogens with zero attached hydrogens (tertiary/aromatic N) is 2. The molecule has 1 fully saturated rings. The van der Waals surface area contributed by atoms with Crippen LogP contribution in [0.25, 0.3) is 0 Å². The minimum atomic E-state index is -1.21. The van der Waals surface area contributed by atoms with E-state index in [0.29, 0.717) is 16.4 Å². The number of barbiturate groups is 1. The van der Waals surface area contributed by atoms with Crippen molar-refractivity contribution in [2.45, 2.75) is 0 Å². The number of nitrogens with one attached hydrogen (secondary N) is 1. The molecule has 126 valence electrons. The molecule has 0 spiro atoms. The number of aliphatic imine (C=N–C) groups is 1. The number of urea groups is 1. The van der Waals surface area contributed by atoms with Crippen LogP contribution in [0.5, 0.6) is 0 Å². The number of rotatable bonds is 3. The van der Waals surface area contributed by atoms with Gasteiger partial charge in [-0.05, 0) is 59.0 Å². The Morgan fingerprint density at radius 1 is 1.08 bits per heavy atom. The molecule has 1 heterocycles. The fraction of sp³-hybridized carbons (Fsp3) is 0.0588. The lowest BCUT2D eigenvalue weighted by atomic mass is 10.1. The fourth-order valence-electron chi connectivity index (χ4n) is 2.27. The molecule has 3 rings (SSSR count). The van der Waals surface area contributed by atoms with Crippen molar-refractivity contribution in [1.82, 2.24) is 5.32 Å². The van der Waals surface area contributed by atoms with Crippen LogP contribution in [-0.2, 0) is 9.59 Å². The molecule has 1 saturated heterocycles. The van der Waals surface area contributed by atoms with E-state index in [-0.39, 0.29) is 0 Å². The van der Waals surface area contributed by atoms with Crippen molar-refractivity contribution in [3.63, 3.8) is 0 Å². The molecule has 0 bridgehead atoms. The Morgan fingerprint density at radius 3 is 2.44 bits per heavy atom. The highest BCUT2D eigenvalue weighted by Gasteiger charge is 2.40. The van der Waals surface area contributed by atoms with Crippen molar-refractivity contribution in [3.8, 4) is 0 Å². The minimum absolute atomic E-state index is 0.381. The molecule has 1 N–H and O–H groups in total. The third kappa shape index (κ3) is 3.72. The van der Waals surface area contributed by atoms with Gasteiger partial charge in [-0.3, -0.25) is 19.9 Å². The van der Waals surface area contributed by atoms with Gasteiger partial charge in [0.2, 0.25) is 5.91 Å². The second kappa shape index (κ2) is 7.32. The second-order valence-corrected chi connectivity index (χ2v) is 6.80. The fourth-order valence-corrected chi connectivity index (χ4v) is 2.81. The Bertz CT molecular complexity index is 883. The highest BCUT2D eigenvalue weighted by atomic mass is 127. The number of hydrogen-bond acceptors (Lipinski definition) is 4. The van der Waals surface area contributed by atoms with Crippen LogP contribution in [0.1, 0.15) is 0 Å². The van der Waals surface area contributed by atoms with E-state index in [2.05, 4.69) is 32.9 Å². The summed E-state index contributed by atoms with van der Waals surface area (Å²) in [5, 5.41) is 2.57. The zero-order valence-electron chi connectivity index (χ0n) is 12.6. The maximum atomic E-state index is 12.7. The molecule has 2 aromatic rings. The van der Waals surface area contributed by atoms with Crippen molar-refractivity contribution in [2.24, 2.45) is 10.9 Å². The summed E-state index contributed by atoms with van der Waals surface area (Å²) in [7, 11) is 0. The molecule has 4 amide bonds. The molecule has 1 atom stereocenters. The molecule has 8 heteroatoms. The summed E-state index contributed by atoms with van der Waals surface area (Å²) in [6.45, 7) is 0. The van der Waals surface area contributed by atoms with Gasteiger partial charge < -0.3 is 0 Å². The van der Waals surface area contributed by atoms with Crippen molar-refractivity contribution < 1.29 is 14.4 Å². The molecule has 0 radical (unpaired) electrons. The summed E-state index contributed by atoms with van der Waals surface area (Å²) in [4.78, 5) is 41.8. The van der Waals surface area contributed by atoms with Gasteiger partial charge in [0, 0.05) is 9.78 Å². The van der Waals surface area contributed by atoms with Crippen molar-refractivity contribution in [3.05, 3.63) is 57.1 Å². The normalized spacial score (nSPS) is 17.9. The first-order chi connectivity index (χ1) is 12.0. The van der Waals surface area contributed by atoms with Crippen LogP contribution in [0.2, 0.25) is 5.02 Å². The molecule has 1 aliphatic heterocycles. The number of benzene rings is 2. The standard InChI is InChI=1S/C17H11ClIN3O3/c18-13-3-1-2-4-14(13)20-9-12-15(23)21-17(25)22(16(12)24)11-7-5-10(19)6-8-11/h1-9,12H,(H,21,23,25)/t12-/m0/s1. The van der Waals surface area contributed by atoms with E-state index < -0.39 is 23.8 Å². The average Bonchev–Trinajstić information content (AvgIpc) is 2.57. The largest absolute Gasteiger partial charge is 0.335 e. The Labute approximate surface area is 162 Å². The Morgan fingerprint density at radius 2 is 1.76 bits per heavy atom. The SMILES string of the molecule is O=C1NC(=O)N(c2ccc(I)cc2)C(=O)[C@H]1C=Nc1ccccc1Cl. The minimum Gasteiger partial charge on any atom is -0.276 e. The van der Waals surface area contributed by atoms with Gasteiger partial charge in [-0.2, -0.15) is 0 Å². The monoisotopic (exact) mass is 467 g/mol. The summed E-state index contributed by atoms with van der Waals surface area (Å²) in [5.41, 5.74) is 0.814. The summed E-state index contributed by atoms with van der Waals surface area (Å²) in [6.07, 6.45) is 1.20. The van der Waals surface area contributed by atoms with Gasteiger partial charge in [0.25, 0.3) is 5.91 Å². The predicted octanol–water partition coefficient (Wildman–Crippen LogP) is 3.55. The summed E-state index contributed by atoms with van der Waals surface area (Å²) in [6, 6.07) is 12.8. The number of amides is 4. The summed E-state index contributed by atoms with van der Waals surface area (Å²) < 4.78 is 0.958. The van der Waals surface area contributed by atoms with Gasteiger partial charge in [-0.15, -0.1) is 0 Å². The predicted molar refractivity (Wildman–Crippen MR) is 103 cm³/mol. The molecule has 0 saturated carbocycles. The van der Waals surface area contributed by atoms with Crippen LogP contribution in [0.15, 0.2) is 53.5 Å². The van der Waals surface area contributed by atoms with Crippen molar-refractivity contribution in [2.75, 3.05) is 4.90 Å². The third-order valence-corrected chi connectivity index (χ3v) is 4.54. The van der Waals surface area contributed by atoms with Gasteiger partial charge in [0.05, 0.1) is 16.4 Å². The first kappa shape index (κ1) is 17.6. The van der Waals surface area contributed by atoms with Crippen LogP contribution >= 0.6 is 34.2 Å². The molecule has 0 unspecified atom stereocenters. The van der Waals surface area contributed by atoms with Crippen molar-refractivity contribution in [1.29, 1.82) is 0 Å². The van der Waals surface area contributed by atoms with Gasteiger partial charge in [0.1, 0.15) is 0 Å². The first-order valence-electron chi connectivity index (χ1n) is 7.20. The highest BCUT2D eigenvalue weighted by Crippen LogP contribution is 2.25. The van der Waals surface area contributed by atoms with E-state index >= 15 is 0 Å². The second-order valence-electron chi connectivity index (χ2n) is 5.15. The van der Waals surface area contributed by atoms with E-state index in [1.165, 1.54) is 6.21 Å². The number of halogens is 2. The topological polar surface area (TPSA) is 78.8 Å². The smallest absolute Gasteiger partial charge is 0.276 e. The Balaban J connectivity index is 1.90. The van der Waals surface area contributed by atoms with Gasteiger partial charge in [0.15, 0.2) is 5.92 Å². The summed E-state index contributed by atoms with van der Waals surface area (Å²) >= 11 is 8.13.